The van der Waals surface area contributed by atoms with Crippen LogP contribution in [0.2, 0.25) is 5.02 Å². The fraction of sp³-hybridized carbons (Fsp3) is 0.208. The van der Waals surface area contributed by atoms with Gasteiger partial charge in [-0.05, 0) is 79.0 Å². The van der Waals surface area contributed by atoms with Gasteiger partial charge in [0, 0.05) is 22.0 Å². The molecule has 0 radical (unpaired) electrons. The number of hydrogen-bond acceptors (Lipinski definition) is 5. The smallest absolute Gasteiger partial charge is 0.416 e. The summed E-state index contributed by atoms with van der Waals surface area (Å²) in [6.45, 7) is 2.13. The molecule has 174 valence electrons. The van der Waals surface area contributed by atoms with E-state index in [9.17, 15) is 18.0 Å². The molecule has 3 rings (SSSR count). The number of carbonyl (C=O) groups excluding carboxylic acids is 1. The standard InChI is InChI=1S/C24H21ClF3NO3S/c1-2-31-23(30)13-16-4-3-5-20(12-16)32-22-11-6-18(24(26,27)28)14-17(22)15-29-33-21-9-7-19(25)8-10-21/h3-12,14,29H,2,13,15H2,1H3. The molecule has 0 saturated carbocycles. The molecule has 1 N–H and O–H groups in total. The summed E-state index contributed by atoms with van der Waals surface area (Å²) < 4.78 is 53.7. The summed E-state index contributed by atoms with van der Waals surface area (Å²) in [5.74, 6) is 0.317. The van der Waals surface area contributed by atoms with E-state index in [0.29, 0.717) is 21.9 Å². The fourth-order valence-electron chi connectivity index (χ4n) is 2.92. The first-order valence-corrected chi connectivity index (χ1v) is 11.2. The van der Waals surface area contributed by atoms with E-state index >= 15 is 0 Å². The average Bonchev–Trinajstić information content (AvgIpc) is 2.76. The Labute approximate surface area is 199 Å². The number of alkyl halides is 3. The topological polar surface area (TPSA) is 47.6 Å². The van der Waals surface area contributed by atoms with Gasteiger partial charge in [0.25, 0.3) is 0 Å². The van der Waals surface area contributed by atoms with E-state index in [-0.39, 0.29) is 31.3 Å². The van der Waals surface area contributed by atoms with E-state index in [1.54, 1.807) is 55.5 Å². The largest absolute Gasteiger partial charge is 0.466 e. The summed E-state index contributed by atoms with van der Waals surface area (Å²) in [4.78, 5) is 12.6. The SMILES string of the molecule is CCOC(=O)Cc1cccc(Oc2ccc(C(F)(F)F)cc2CNSc2ccc(Cl)cc2)c1. The first kappa shape index (κ1) is 25.0. The zero-order valence-corrected chi connectivity index (χ0v) is 19.2. The second kappa shape index (κ2) is 11.4. The lowest BCUT2D eigenvalue weighted by atomic mass is 10.1. The molecule has 33 heavy (non-hydrogen) atoms. The molecule has 9 heteroatoms. The molecule has 0 unspecified atom stereocenters. The Balaban J connectivity index is 1.77. The predicted molar refractivity (Wildman–Crippen MR) is 122 cm³/mol. The molecular formula is C24H21ClF3NO3S. The number of halogens is 4. The van der Waals surface area contributed by atoms with Gasteiger partial charge in [0.2, 0.25) is 0 Å². The van der Waals surface area contributed by atoms with Crippen LogP contribution in [-0.4, -0.2) is 12.6 Å². The van der Waals surface area contributed by atoms with Gasteiger partial charge in [0.15, 0.2) is 0 Å². The van der Waals surface area contributed by atoms with Gasteiger partial charge in [-0.2, -0.15) is 13.2 Å². The Hall–Kier alpha value is -2.68. The van der Waals surface area contributed by atoms with Crippen LogP contribution in [0.4, 0.5) is 13.2 Å². The number of esters is 1. The minimum Gasteiger partial charge on any atom is -0.466 e. The lowest BCUT2D eigenvalue weighted by Crippen LogP contribution is -2.09. The van der Waals surface area contributed by atoms with Crippen LogP contribution in [-0.2, 0) is 28.7 Å². The van der Waals surface area contributed by atoms with Crippen molar-refractivity contribution in [3.63, 3.8) is 0 Å². The van der Waals surface area contributed by atoms with Gasteiger partial charge >= 0.3 is 12.1 Å². The van der Waals surface area contributed by atoms with Crippen LogP contribution in [0.25, 0.3) is 0 Å². The van der Waals surface area contributed by atoms with E-state index in [1.165, 1.54) is 18.0 Å². The molecule has 4 nitrogen and oxygen atoms in total. The van der Waals surface area contributed by atoms with Crippen molar-refractivity contribution in [2.45, 2.75) is 31.0 Å². The summed E-state index contributed by atoms with van der Waals surface area (Å²) in [7, 11) is 0. The minimum atomic E-state index is -4.48. The number of hydrogen-bond donors (Lipinski definition) is 1. The first-order chi connectivity index (χ1) is 15.7. The van der Waals surface area contributed by atoms with Crippen molar-refractivity contribution in [3.05, 3.63) is 88.4 Å². The van der Waals surface area contributed by atoms with Crippen LogP contribution in [0.5, 0.6) is 11.5 Å². The molecule has 0 amide bonds. The van der Waals surface area contributed by atoms with Crippen molar-refractivity contribution in [3.8, 4) is 11.5 Å². The van der Waals surface area contributed by atoms with Gasteiger partial charge in [0.05, 0.1) is 18.6 Å². The van der Waals surface area contributed by atoms with Crippen molar-refractivity contribution in [2.24, 2.45) is 0 Å². The Morgan fingerprint density at radius 2 is 1.82 bits per heavy atom. The molecule has 0 bridgehead atoms. The lowest BCUT2D eigenvalue weighted by Gasteiger charge is -2.15. The fourth-order valence-corrected chi connectivity index (χ4v) is 3.71. The maximum Gasteiger partial charge on any atom is 0.416 e. The van der Waals surface area contributed by atoms with Crippen LogP contribution in [0.15, 0.2) is 71.6 Å². The second-order valence-corrected chi connectivity index (χ2v) is 8.33. The highest BCUT2D eigenvalue weighted by Gasteiger charge is 2.31. The van der Waals surface area contributed by atoms with Crippen molar-refractivity contribution in [2.75, 3.05) is 6.61 Å². The minimum absolute atomic E-state index is 0.0736. The molecule has 0 heterocycles. The number of ether oxygens (including phenoxy) is 2. The second-order valence-electron chi connectivity index (χ2n) is 6.93. The van der Waals surface area contributed by atoms with Crippen molar-refractivity contribution in [1.82, 2.24) is 4.72 Å². The third-order valence-corrected chi connectivity index (χ3v) is 5.48. The highest BCUT2D eigenvalue weighted by molar-refractivity contribution is 7.97. The van der Waals surface area contributed by atoms with E-state index in [4.69, 9.17) is 21.1 Å². The highest BCUT2D eigenvalue weighted by atomic mass is 35.5. The summed E-state index contributed by atoms with van der Waals surface area (Å²) in [6, 6.07) is 17.2. The number of rotatable bonds is 9. The third-order valence-electron chi connectivity index (χ3n) is 4.43. The Morgan fingerprint density at radius 1 is 1.06 bits per heavy atom. The van der Waals surface area contributed by atoms with Crippen LogP contribution < -0.4 is 9.46 Å². The normalized spacial score (nSPS) is 11.3. The van der Waals surface area contributed by atoms with Gasteiger partial charge in [-0.3, -0.25) is 9.52 Å². The maximum atomic E-state index is 13.3. The van der Waals surface area contributed by atoms with Crippen molar-refractivity contribution >= 4 is 29.5 Å². The molecule has 0 saturated heterocycles. The third kappa shape index (κ3) is 7.70. The zero-order chi connectivity index (χ0) is 23.8. The monoisotopic (exact) mass is 495 g/mol. The molecule has 3 aromatic rings. The molecule has 0 aliphatic rings. The molecule has 3 aromatic carbocycles. The molecule has 0 aliphatic heterocycles. The van der Waals surface area contributed by atoms with Gasteiger partial charge in [-0.25, -0.2) is 0 Å². The number of nitrogens with one attached hydrogen (secondary N) is 1. The predicted octanol–water partition coefficient (Wildman–Crippen LogP) is 7.05. The van der Waals surface area contributed by atoms with E-state index < -0.39 is 11.7 Å². The molecule has 0 atom stereocenters. The van der Waals surface area contributed by atoms with Crippen molar-refractivity contribution in [1.29, 1.82) is 0 Å². The van der Waals surface area contributed by atoms with E-state index in [2.05, 4.69) is 4.72 Å². The summed E-state index contributed by atoms with van der Waals surface area (Å²) in [6.07, 6.45) is -4.40. The van der Waals surface area contributed by atoms with E-state index in [0.717, 1.165) is 17.0 Å². The highest BCUT2D eigenvalue weighted by Crippen LogP contribution is 2.34. The summed E-state index contributed by atoms with van der Waals surface area (Å²) in [5, 5.41) is 0.595. The van der Waals surface area contributed by atoms with E-state index in [1.807, 2.05) is 0 Å². The zero-order valence-electron chi connectivity index (χ0n) is 17.6. The Bertz CT molecular complexity index is 1090. The maximum absolute atomic E-state index is 13.3. The van der Waals surface area contributed by atoms with Crippen LogP contribution in [0, 0.1) is 0 Å². The van der Waals surface area contributed by atoms with Gasteiger partial charge in [-0.15, -0.1) is 0 Å². The first-order valence-electron chi connectivity index (χ1n) is 10.0. The van der Waals surface area contributed by atoms with Crippen LogP contribution in [0.3, 0.4) is 0 Å². The molecular weight excluding hydrogens is 475 g/mol. The quantitative estimate of drug-likeness (QED) is 0.254. The van der Waals surface area contributed by atoms with Gasteiger partial charge in [-0.1, -0.05) is 23.7 Å². The Morgan fingerprint density at radius 3 is 2.52 bits per heavy atom. The van der Waals surface area contributed by atoms with Gasteiger partial charge in [0.1, 0.15) is 11.5 Å². The van der Waals surface area contributed by atoms with Crippen LogP contribution >= 0.6 is 23.5 Å². The van der Waals surface area contributed by atoms with Crippen LogP contribution in [0.1, 0.15) is 23.6 Å². The summed E-state index contributed by atoms with van der Waals surface area (Å²) in [5.41, 5.74) is 0.247. The lowest BCUT2D eigenvalue weighted by molar-refractivity contribution is -0.142. The van der Waals surface area contributed by atoms with Crippen molar-refractivity contribution < 1.29 is 27.4 Å². The summed E-state index contributed by atoms with van der Waals surface area (Å²) >= 11 is 7.15. The molecule has 0 aliphatic carbocycles. The molecule has 0 aromatic heterocycles. The Kier molecular flexibility index (Phi) is 8.66. The number of benzene rings is 3. The molecule has 0 fully saturated rings. The average molecular weight is 496 g/mol. The number of carbonyl (C=O) groups is 1. The molecule has 0 spiro atoms. The van der Waals surface area contributed by atoms with Gasteiger partial charge < -0.3 is 9.47 Å².